The highest BCUT2D eigenvalue weighted by Crippen LogP contribution is 2.30. The van der Waals surface area contributed by atoms with Crippen LogP contribution in [-0.4, -0.2) is 51.7 Å². The van der Waals surface area contributed by atoms with Gasteiger partial charge in [-0.15, -0.1) is 0 Å². The topological polar surface area (TPSA) is 64.1 Å². The molecule has 2 N–H and O–H groups in total. The third-order valence-corrected chi connectivity index (χ3v) is 3.62. The molecule has 0 amide bonds. The van der Waals surface area contributed by atoms with Crippen molar-refractivity contribution in [2.45, 2.75) is 39.1 Å². The van der Waals surface area contributed by atoms with Crippen LogP contribution in [0.15, 0.2) is 23.2 Å². The predicted molar refractivity (Wildman–Crippen MR) is 98.5 cm³/mol. The molecule has 6 nitrogen and oxygen atoms in total. The van der Waals surface area contributed by atoms with Gasteiger partial charge in [-0.05, 0) is 38.5 Å². The average molecular weight is 391 g/mol. The monoisotopic (exact) mass is 391 g/mol. The molecule has 0 atom stereocenters. The van der Waals surface area contributed by atoms with E-state index in [0.717, 1.165) is 5.56 Å². The van der Waals surface area contributed by atoms with Gasteiger partial charge in [0.15, 0.2) is 24.1 Å². The Bertz CT molecular complexity index is 620. The van der Waals surface area contributed by atoms with Gasteiger partial charge in [0.2, 0.25) is 0 Å². The van der Waals surface area contributed by atoms with Gasteiger partial charge in [-0.2, -0.15) is 13.2 Å². The molecule has 0 spiro atoms. The Morgan fingerprint density at radius 2 is 1.81 bits per heavy atom. The van der Waals surface area contributed by atoms with Gasteiger partial charge in [-0.3, -0.25) is 0 Å². The Hall–Kier alpha value is -2.16. The summed E-state index contributed by atoms with van der Waals surface area (Å²) >= 11 is 0. The largest absolute Gasteiger partial charge is 0.493 e. The van der Waals surface area contributed by atoms with Gasteiger partial charge in [-0.25, -0.2) is 4.99 Å². The number of benzene rings is 1. The number of alkyl halides is 3. The van der Waals surface area contributed by atoms with Gasteiger partial charge in [0, 0.05) is 20.2 Å². The fourth-order valence-electron chi connectivity index (χ4n) is 1.97. The summed E-state index contributed by atoms with van der Waals surface area (Å²) in [6.07, 6.45) is -4.41. The fraction of sp³-hybridized carbons (Fsp3) is 0.611. The van der Waals surface area contributed by atoms with Crippen LogP contribution >= 0.6 is 0 Å². The summed E-state index contributed by atoms with van der Waals surface area (Å²) < 4.78 is 52.2. The molecule has 0 saturated carbocycles. The summed E-state index contributed by atoms with van der Waals surface area (Å²) in [4.78, 5) is 4.47. The van der Waals surface area contributed by atoms with Crippen molar-refractivity contribution < 1.29 is 27.4 Å². The van der Waals surface area contributed by atoms with Crippen LogP contribution in [0.2, 0.25) is 0 Å². The van der Waals surface area contributed by atoms with E-state index in [1.165, 1.54) is 13.2 Å². The third-order valence-electron chi connectivity index (χ3n) is 3.62. The minimum absolute atomic E-state index is 0.0365. The first kappa shape index (κ1) is 22.9. The Labute approximate surface area is 158 Å². The van der Waals surface area contributed by atoms with Gasteiger partial charge in [0.25, 0.3) is 0 Å². The van der Waals surface area contributed by atoms with Crippen LogP contribution in [0.1, 0.15) is 26.3 Å². The molecular weight excluding hydrogens is 363 g/mol. The number of nitrogens with one attached hydrogen (secondary N) is 2. The van der Waals surface area contributed by atoms with Crippen LogP contribution < -0.4 is 20.1 Å². The van der Waals surface area contributed by atoms with Crippen LogP contribution in [0.4, 0.5) is 13.2 Å². The number of nitrogens with zero attached hydrogens (tertiary/aromatic N) is 1. The first-order valence-electron chi connectivity index (χ1n) is 8.54. The molecule has 9 heteroatoms. The van der Waals surface area contributed by atoms with Gasteiger partial charge in [0.1, 0.15) is 0 Å². The minimum Gasteiger partial charge on any atom is -0.493 e. The van der Waals surface area contributed by atoms with Crippen molar-refractivity contribution in [3.63, 3.8) is 0 Å². The Balaban J connectivity index is 2.81. The SMILES string of the molecule is CCNC(=NCc1ccc(OCC(F)(F)F)c(OC)c1)NCC(C)(C)OC. The smallest absolute Gasteiger partial charge is 0.422 e. The Morgan fingerprint density at radius 3 is 2.37 bits per heavy atom. The minimum atomic E-state index is -4.41. The summed E-state index contributed by atoms with van der Waals surface area (Å²) in [5, 5.41) is 6.32. The third kappa shape index (κ3) is 8.85. The lowest BCUT2D eigenvalue weighted by Gasteiger charge is -2.24. The number of guanidine groups is 1. The maximum atomic E-state index is 12.3. The number of methoxy groups -OCH3 is 2. The fourth-order valence-corrected chi connectivity index (χ4v) is 1.97. The van der Waals surface area contributed by atoms with Crippen molar-refractivity contribution in [3.05, 3.63) is 23.8 Å². The second kappa shape index (κ2) is 10.2. The van der Waals surface area contributed by atoms with E-state index >= 15 is 0 Å². The zero-order chi connectivity index (χ0) is 20.5. The summed E-state index contributed by atoms with van der Waals surface area (Å²) in [7, 11) is 3.02. The van der Waals surface area contributed by atoms with Crippen molar-refractivity contribution in [2.75, 3.05) is 33.9 Å². The van der Waals surface area contributed by atoms with Crippen molar-refractivity contribution in [2.24, 2.45) is 4.99 Å². The first-order valence-corrected chi connectivity index (χ1v) is 8.54. The standard InChI is InChI=1S/C18H28F3N3O3/c1-6-22-16(24-11-17(2,3)26-5)23-10-13-7-8-14(15(9-13)25-4)27-12-18(19,20)21/h7-9H,6,10-12H2,1-5H3,(H2,22,23,24). The average Bonchev–Trinajstić information content (AvgIpc) is 2.61. The zero-order valence-electron chi connectivity index (χ0n) is 16.4. The van der Waals surface area contributed by atoms with Crippen LogP contribution in [-0.2, 0) is 11.3 Å². The van der Waals surface area contributed by atoms with E-state index in [2.05, 4.69) is 15.6 Å². The van der Waals surface area contributed by atoms with E-state index in [4.69, 9.17) is 14.2 Å². The Kier molecular flexibility index (Phi) is 8.68. The number of rotatable bonds is 9. The van der Waals surface area contributed by atoms with Crippen LogP contribution in [0.3, 0.4) is 0 Å². The van der Waals surface area contributed by atoms with E-state index < -0.39 is 12.8 Å². The predicted octanol–water partition coefficient (Wildman–Crippen LogP) is 3.12. The molecule has 0 aromatic heterocycles. The lowest BCUT2D eigenvalue weighted by molar-refractivity contribution is -0.153. The molecule has 0 aliphatic rings. The lowest BCUT2D eigenvalue weighted by atomic mass is 10.1. The molecule has 154 valence electrons. The molecular formula is C18H28F3N3O3. The second-order valence-electron chi connectivity index (χ2n) is 6.40. The van der Waals surface area contributed by atoms with Gasteiger partial charge >= 0.3 is 6.18 Å². The summed E-state index contributed by atoms with van der Waals surface area (Å²) in [5.41, 5.74) is 0.422. The zero-order valence-corrected chi connectivity index (χ0v) is 16.4. The normalized spacial score (nSPS) is 12.7. The number of ether oxygens (including phenoxy) is 3. The van der Waals surface area contributed by atoms with Crippen molar-refractivity contribution in [3.8, 4) is 11.5 Å². The molecule has 0 unspecified atom stereocenters. The van der Waals surface area contributed by atoms with E-state index in [0.29, 0.717) is 25.6 Å². The number of halogens is 3. The lowest BCUT2D eigenvalue weighted by Crippen LogP contribution is -2.45. The summed E-state index contributed by atoms with van der Waals surface area (Å²) in [6.45, 7) is 6.05. The van der Waals surface area contributed by atoms with Crippen molar-refractivity contribution in [1.29, 1.82) is 0 Å². The first-order chi connectivity index (χ1) is 12.6. The quantitative estimate of drug-likeness (QED) is 0.500. The molecule has 0 bridgehead atoms. The molecule has 0 fully saturated rings. The molecule has 0 saturated heterocycles. The molecule has 1 rings (SSSR count). The highest BCUT2D eigenvalue weighted by Gasteiger charge is 2.29. The molecule has 1 aromatic rings. The van der Waals surface area contributed by atoms with E-state index in [1.807, 2.05) is 20.8 Å². The maximum Gasteiger partial charge on any atom is 0.422 e. The highest BCUT2D eigenvalue weighted by molar-refractivity contribution is 5.79. The van der Waals surface area contributed by atoms with Gasteiger partial charge in [0.05, 0.1) is 19.3 Å². The molecule has 0 radical (unpaired) electrons. The van der Waals surface area contributed by atoms with Crippen LogP contribution in [0.25, 0.3) is 0 Å². The van der Waals surface area contributed by atoms with E-state index in [1.54, 1.807) is 19.2 Å². The number of hydrogen-bond acceptors (Lipinski definition) is 4. The highest BCUT2D eigenvalue weighted by atomic mass is 19.4. The summed E-state index contributed by atoms with van der Waals surface area (Å²) in [6, 6.07) is 4.71. The Morgan fingerprint density at radius 1 is 1.11 bits per heavy atom. The summed E-state index contributed by atoms with van der Waals surface area (Å²) in [5.74, 6) is 0.874. The molecule has 1 aromatic carbocycles. The van der Waals surface area contributed by atoms with Crippen LogP contribution in [0.5, 0.6) is 11.5 Å². The number of hydrogen-bond donors (Lipinski definition) is 2. The molecule has 0 aliphatic carbocycles. The maximum absolute atomic E-state index is 12.3. The van der Waals surface area contributed by atoms with Gasteiger partial charge in [-0.1, -0.05) is 6.07 Å². The van der Waals surface area contributed by atoms with Gasteiger partial charge < -0.3 is 24.8 Å². The molecule has 27 heavy (non-hydrogen) atoms. The number of aliphatic imine (C=N–C) groups is 1. The second-order valence-corrected chi connectivity index (χ2v) is 6.40. The van der Waals surface area contributed by atoms with E-state index in [-0.39, 0.29) is 17.1 Å². The van der Waals surface area contributed by atoms with Crippen molar-refractivity contribution in [1.82, 2.24) is 10.6 Å². The van der Waals surface area contributed by atoms with Crippen LogP contribution in [0, 0.1) is 0 Å². The molecule has 0 heterocycles. The van der Waals surface area contributed by atoms with Crippen molar-refractivity contribution >= 4 is 5.96 Å². The molecule has 0 aliphatic heterocycles. The van der Waals surface area contributed by atoms with E-state index in [9.17, 15) is 13.2 Å².